The number of rotatable bonds is 5. The van der Waals surface area contributed by atoms with Crippen molar-refractivity contribution in [2.24, 2.45) is 5.73 Å². The molecule has 3 heteroatoms. The van der Waals surface area contributed by atoms with Crippen LogP contribution >= 0.6 is 12.6 Å². The summed E-state index contributed by atoms with van der Waals surface area (Å²) < 4.78 is 2.53. The minimum absolute atomic E-state index is 0.170. The molecule has 13 heavy (non-hydrogen) atoms. The summed E-state index contributed by atoms with van der Waals surface area (Å²) in [6.45, 7) is 0.669. The van der Waals surface area contributed by atoms with Gasteiger partial charge in [-0.25, -0.2) is 0 Å². The van der Waals surface area contributed by atoms with Gasteiger partial charge in [0, 0.05) is 0 Å². The molecule has 0 atom stereocenters. The van der Waals surface area contributed by atoms with Crippen molar-refractivity contribution in [3.63, 3.8) is 0 Å². The zero-order valence-corrected chi connectivity index (χ0v) is 11.4. The summed E-state index contributed by atoms with van der Waals surface area (Å²) in [7, 11) is 0. The molecule has 0 aliphatic heterocycles. The van der Waals surface area contributed by atoms with Gasteiger partial charge < -0.3 is 0 Å². The van der Waals surface area contributed by atoms with Gasteiger partial charge in [0.15, 0.2) is 0 Å². The summed E-state index contributed by atoms with van der Waals surface area (Å²) in [5, 5.41) is 0. The maximum atomic E-state index is 5.65. The molecule has 1 rings (SSSR count). The Kier molecular flexibility index (Phi) is 5.91. The minimum atomic E-state index is -0.170. The summed E-state index contributed by atoms with van der Waals surface area (Å²) in [5.74, 6) is 0. The Morgan fingerprint density at radius 2 is 1.92 bits per heavy atom. The fraction of sp³-hybridized carbons (Fsp3) is 0.400. The average Bonchev–Trinajstić information content (AvgIpc) is 2.19. The number of hydrogen-bond acceptors (Lipinski definition) is 2. The van der Waals surface area contributed by atoms with Crippen molar-refractivity contribution in [2.75, 3.05) is 3.77 Å². The molecule has 2 radical (unpaired) electrons. The molecule has 1 nitrogen and oxygen atoms in total. The zero-order chi connectivity index (χ0) is 9.52. The molecular formula is C10H15NSSn. The molecule has 0 aliphatic carbocycles. The first-order valence-electron chi connectivity index (χ1n) is 4.47. The Bertz CT molecular complexity index is 252. The molecule has 2 N–H and O–H groups in total. The van der Waals surface area contributed by atoms with Gasteiger partial charge in [-0.15, -0.1) is 0 Å². The van der Waals surface area contributed by atoms with E-state index in [-0.39, 0.29) is 21.1 Å². The predicted octanol–water partition coefficient (Wildman–Crippen LogP) is 1.70. The number of nitrogens with two attached hydrogens (primary N) is 1. The van der Waals surface area contributed by atoms with E-state index in [2.05, 4.69) is 36.9 Å². The van der Waals surface area contributed by atoms with Gasteiger partial charge in [-0.1, -0.05) is 0 Å². The number of benzene rings is 1. The molecule has 0 fully saturated rings. The van der Waals surface area contributed by atoms with Gasteiger partial charge in [0.05, 0.1) is 0 Å². The van der Waals surface area contributed by atoms with E-state index < -0.39 is 0 Å². The first kappa shape index (κ1) is 11.4. The van der Waals surface area contributed by atoms with Crippen molar-refractivity contribution in [3.05, 3.63) is 35.4 Å². The van der Waals surface area contributed by atoms with Crippen LogP contribution in [0.5, 0.6) is 0 Å². The van der Waals surface area contributed by atoms with E-state index in [0.29, 0.717) is 6.54 Å². The maximum absolute atomic E-state index is 5.65. The van der Waals surface area contributed by atoms with Gasteiger partial charge >= 0.3 is 96.1 Å². The molecule has 70 valence electrons. The molecule has 0 aromatic heterocycles. The Labute approximate surface area is 95.7 Å². The Morgan fingerprint density at radius 3 is 2.54 bits per heavy atom. The number of aryl methyl sites for hydroxylation is 1. The Morgan fingerprint density at radius 1 is 1.23 bits per heavy atom. The van der Waals surface area contributed by atoms with Crippen molar-refractivity contribution >= 4 is 33.8 Å². The van der Waals surface area contributed by atoms with Crippen LogP contribution in [0, 0.1) is 0 Å². The molecule has 0 bridgehead atoms. The fourth-order valence-electron chi connectivity index (χ4n) is 1.30. The molecule has 1 aromatic rings. The summed E-state index contributed by atoms with van der Waals surface area (Å²) in [6.07, 6.45) is 1.21. The van der Waals surface area contributed by atoms with E-state index in [4.69, 9.17) is 5.73 Å². The van der Waals surface area contributed by atoms with E-state index in [1.54, 1.807) is 0 Å². The first-order valence-corrected chi connectivity index (χ1v) is 9.13. The molecule has 0 heterocycles. The van der Waals surface area contributed by atoms with Crippen molar-refractivity contribution in [3.8, 4) is 0 Å². The molecule has 0 saturated heterocycles. The van der Waals surface area contributed by atoms with Crippen LogP contribution in [0.15, 0.2) is 24.3 Å². The molecule has 0 saturated carbocycles. The predicted molar refractivity (Wildman–Crippen MR) is 62.5 cm³/mol. The number of hydrogen-bond donors (Lipinski definition) is 2. The molecule has 0 spiro atoms. The zero-order valence-electron chi connectivity index (χ0n) is 7.66. The van der Waals surface area contributed by atoms with Crippen molar-refractivity contribution in [1.82, 2.24) is 0 Å². The van der Waals surface area contributed by atoms with Gasteiger partial charge in [-0.2, -0.15) is 0 Å². The van der Waals surface area contributed by atoms with Crippen molar-refractivity contribution in [2.45, 2.75) is 17.4 Å². The van der Waals surface area contributed by atoms with Gasteiger partial charge in [-0.3, -0.25) is 0 Å². The molecule has 0 amide bonds. The molecule has 0 unspecified atom stereocenters. The Hall–Kier alpha value is 0.329. The summed E-state index contributed by atoms with van der Waals surface area (Å²) in [4.78, 5) is 0. The van der Waals surface area contributed by atoms with Gasteiger partial charge in [0.2, 0.25) is 0 Å². The normalized spacial score (nSPS) is 10.3. The standard InChI is InChI=1S/C9H12N.CH3S.Sn/c1-2-8-5-3-4-6-9(8)7-10;1-2;/h3-6H,1-2,7,10H2;2H,1H2;. The van der Waals surface area contributed by atoms with Crippen LogP contribution in [0.1, 0.15) is 11.1 Å². The summed E-state index contributed by atoms with van der Waals surface area (Å²) >= 11 is 4.10. The van der Waals surface area contributed by atoms with Crippen LogP contribution in [0.4, 0.5) is 0 Å². The van der Waals surface area contributed by atoms with Crippen LogP contribution < -0.4 is 5.73 Å². The second-order valence-electron chi connectivity index (χ2n) is 2.88. The fourth-order valence-corrected chi connectivity index (χ4v) is 4.09. The molecule has 1 aromatic carbocycles. The third-order valence-corrected chi connectivity index (χ3v) is 5.88. The van der Waals surface area contributed by atoms with E-state index in [0.717, 1.165) is 3.77 Å². The SMILES string of the molecule is NCc1ccccc1C[CH2][Sn][CH2]S. The second kappa shape index (κ2) is 6.73. The van der Waals surface area contributed by atoms with E-state index in [1.807, 2.05) is 0 Å². The van der Waals surface area contributed by atoms with E-state index in [1.165, 1.54) is 22.0 Å². The third-order valence-electron chi connectivity index (χ3n) is 2.02. The summed E-state index contributed by atoms with van der Waals surface area (Å²) in [6, 6.07) is 8.48. The molecule has 0 aliphatic rings. The first-order chi connectivity index (χ1) is 6.38. The van der Waals surface area contributed by atoms with Crippen molar-refractivity contribution in [1.29, 1.82) is 0 Å². The monoisotopic (exact) mass is 301 g/mol. The van der Waals surface area contributed by atoms with Crippen LogP contribution in [-0.2, 0) is 13.0 Å². The summed E-state index contributed by atoms with van der Waals surface area (Å²) in [5.41, 5.74) is 8.40. The van der Waals surface area contributed by atoms with Gasteiger partial charge in [0.25, 0.3) is 0 Å². The molecular weight excluding hydrogens is 285 g/mol. The van der Waals surface area contributed by atoms with Crippen LogP contribution in [0.3, 0.4) is 0 Å². The number of thiol groups is 1. The van der Waals surface area contributed by atoms with Gasteiger partial charge in [0.1, 0.15) is 0 Å². The Balaban J connectivity index is 2.54. The van der Waals surface area contributed by atoms with Crippen molar-refractivity contribution < 1.29 is 0 Å². The quantitative estimate of drug-likeness (QED) is 0.483. The van der Waals surface area contributed by atoms with E-state index >= 15 is 0 Å². The van der Waals surface area contributed by atoms with E-state index in [9.17, 15) is 0 Å². The average molecular weight is 300 g/mol. The topological polar surface area (TPSA) is 26.0 Å². The third kappa shape index (κ3) is 3.92. The van der Waals surface area contributed by atoms with Gasteiger partial charge in [-0.05, 0) is 0 Å². The van der Waals surface area contributed by atoms with Crippen LogP contribution in [0.2, 0.25) is 4.44 Å². The second-order valence-corrected chi connectivity index (χ2v) is 8.76. The van der Waals surface area contributed by atoms with Crippen LogP contribution in [-0.4, -0.2) is 24.9 Å². The van der Waals surface area contributed by atoms with Crippen LogP contribution in [0.25, 0.3) is 0 Å².